The van der Waals surface area contributed by atoms with Gasteiger partial charge in [-0.2, -0.15) is 0 Å². The van der Waals surface area contributed by atoms with Crippen LogP contribution in [0.1, 0.15) is 0 Å². The van der Waals surface area contributed by atoms with Crippen molar-refractivity contribution in [3.63, 3.8) is 0 Å². The Morgan fingerprint density at radius 2 is 0.756 bits per heavy atom. The number of nitrogens with zero attached hydrogens (tertiary/aromatic N) is 2. The number of aromatic nitrogens is 2. The van der Waals surface area contributed by atoms with Crippen LogP contribution < -0.4 is 0 Å². The van der Waals surface area contributed by atoms with Crippen LogP contribution in [0.5, 0.6) is 0 Å². The standard InChI is InChI=1S/C39H26N2/c1-3-11-27(12-4-1)29-19-21-31(22-20-29)39-40-37-35-17-9-7-15-33(35)34-16-8-10-18-36(34)38(37)41(39)32-25-23-30(24-26-32)28-13-5-2-6-14-28/h1-26H. The summed E-state index contributed by atoms with van der Waals surface area (Å²) < 4.78 is 2.34. The van der Waals surface area contributed by atoms with Crippen LogP contribution in [0.25, 0.3) is 71.9 Å². The van der Waals surface area contributed by atoms with E-state index in [0.29, 0.717) is 0 Å². The molecule has 8 rings (SSSR count). The molecule has 0 unspecified atom stereocenters. The predicted octanol–water partition coefficient (Wildman–Crippen LogP) is 10.3. The molecule has 7 aromatic carbocycles. The summed E-state index contributed by atoms with van der Waals surface area (Å²) in [5, 5.41) is 4.84. The molecule has 2 heteroatoms. The second-order valence-electron chi connectivity index (χ2n) is 10.4. The van der Waals surface area contributed by atoms with Crippen molar-refractivity contribution < 1.29 is 0 Å². The first-order valence-electron chi connectivity index (χ1n) is 14.0. The van der Waals surface area contributed by atoms with Gasteiger partial charge in [0.05, 0.1) is 11.0 Å². The third-order valence-corrected chi connectivity index (χ3v) is 8.01. The smallest absolute Gasteiger partial charge is 0.145 e. The molecule has 1 heterocycles. The van der Waals surface area contributed by atoms with Crippen LogP contribution >= 0.6 is 0 Å². The van der Waals surface area contributed by atoms with Gasteiger partial charge in [-0.1, -0.05) is 146 Å². The van der Waals surface area contributed by atoms with E-state index >= 15 is 0 Å². The number of hydrogen-bond donors (Lipinski definition) is 0. The number of fused-ring (bicyclic) bond motifs is 6. The molecule has 0 aliphatic carbocycles. The SMILES string of the molecule is c1ccc(-c2ccc(-c3nc4c5ccccc5c5ccccc5c4n3-c3ccc(-c4ccccc4)cc3)cc2)cc1. The summed E-state index contributed by atoms with van der Waals surface area (Å²) in [5.74, 6) is 0.938. The second-order valence-corrected chi connectivity index (χ2v) is 10.4. The molecule has 0 aliphatic rings. The fourth-order valence-electron chi connectivity index (χ4n) is 6.03. The van der Waals surface area contributed by atoms with Crippen molar-refractivity contribution in [2.45, 2.75) is 0 Å². The molecule has 0 atom stereocenters. The number of rotatable bonds is 4. The molecule has 0 aliphatic heterocycles. The Hall–Kier alpha value is -5.47. The highest BCUT2D eigenvalue weighted by atomic mass is 15.1. The zero-order chi connectivity index (χ0) is 27.2. The Morgan fingerprint density at radius 1 is 0.341 bits per heavy atom. The van der Waals surface area contributed by atoms with E-state index in [1.165, 1.54) is 43.8 Å². The van der Waals surface area contributed by atoms with Crippen molar-refractivity contribution in [1.82, 2.24) is 9.55 Å². The molecule has 0 saturated heterocycles. The normalized spacial score (nSPS) is 11.4. The molecule has 2 nitrogen and oxygen atoms in total. The van der Waals surface area contributed by atoms with E-state index in [9.17, 15) is 0 Å². The number of hydrogen-bond acceptors (Lipinski definition) is 1. The maximum Gasteiger partial charge on any atom is 0.145 e. The first-order chi connectivity index (χ1) is 20.3. The lowest BCUT2D eigenvalue weighted by Gasteiger charge is -2.13. The molecule has 0 N–H and O–H groups in total. The van der Waals surface area contributed by atoms with E-state index in [4.69, 9.17) is 4.98 Å². The molecular weight excluding hydrogens is 496 g/mol. The van der Waals surface area contributed by atoms with E-state index < -0.39 is 0 Å². The Labute approximate surface area is 238 Å². The van der Waals surface area contributed by atoms with Crippen molar-refractivity contribution in [3.8, 4) is 39.3 Å². The quantitative estimate of drug-likeness (QED) is 0.210. The van der Waals surface area contributed by atoms with Crippen LogP contribution in [0.3, 0.4) is 0 Å². The summed E-state index contributed by atoms with van der Waals surface area (Å²) in [7, 11) is 0. The lowest BCUT2D eigenvalue weighted by molar-refractivity contribution is 1.11. The van der Waals surface area contributed by atoms with Crippen LogP contribution in [0, 0.1) is 0 Å². The largest absolute Gasteiger partial charge is 0.292 e. The molecule has 0 radical (unpaired) electrons. The fourth-order valence-corrected chi connectivity index (χ4v) is 6.03. The van der Waals surface area contributed by atoms with Crippen molar-refractivity contribution in [2.75, 3.05) is 0 Å². The average molecular weight is 523 g/mol. The van der Waals surface area contributed by atoms with Gasteiger partial charge in [0.25, 0.3) is 0 Å². The van der Waals surface area contributed by atoms with E-state index in [0.717, 1.165) is 28.1 Å². The van der Waals surface area contributed by atoms with Gasteiger partial charge in [-0.3, -0.25) is 4.57 Å². The molecule has 0 spiro atoms. The summed E-state index contributed by atoms with van der Waals surface area (Å²) in [4.78, 5) is 5.38. The molecule has 41 heavy (non-hydrogen) atoms. The fraction of sp³-hybridized carbons (Fsp3) is 0. The summed E-state index contributed by atoms with van der Waals surface area (Å²) >= 11 is 0. The van der Waals surface area contributed by atoms with Gasteiger partial charge in [0, 0.05) is 22.0 Å². The third kappa shape index (κ3) is 3.92. The Kier molecular flexibility index (Phi) is 5.49. The van der Waals surface area contributed by atoms with E-state index in [1.54, 1.807) is 0 Å². The zero-order valence-corrected chi connectivity index (χ0v) is 22.4. The summed E-state index contributed by atoms with van der Waals surface area (Å²) in [5.41, 5.74) is 9.14. The van der Waals surface area contributed by atoms with Crippen LogP contribution in [-0.4, -0.2) is 9.55 Å². The minimum Gasteiger partial charge on any atom is -0.292 e. The topological polar surface area (TPSA) is 17.8 Å². The summed E-state index contributed by atoms with van der Waals surface area (Å²) in [6.45, 7) is 0. The van der Waals surface area contributed by atoms with Gasteiger partial charge in [0.15, 0.2) is 0 Å². The molecular formula is C39H26N2. The lowest BCUT2D eigenvalue weighted by atomic mass is 10.00. The first kappa shape index (κ1) is 23.4. The first-order valence-corrected chi connectivity index (χ1v) is 14.0. The van der Waals surface area contributed by atoms with Crippen molar-refractivity contribution in [3.05, 3.63) is 158 Å². The van der Waals surface area contributed by atoms with Gasteiger partial charge in [-0.15, -0.1) is 0 Å². The van der Waals surface area contributed by atoms with Gasteiger partial charge < -0.3 is 0 Å². The monoisotopic (exact) mass is 522 g/mol. The molecule has 1 aromatic heterocycles. The minimum absolute atomic E-state index is 0.938. The van der Waals surface area contributed by atoms with Crippen LogP contribution in [0.15, 0.2) is 158 Å². The zero-order valence-electron chi connectivity index (χ0n) is 22.4. The summed E-state index contributed by atoms with van der Waals surface area (Å²) in [6.07, 6.45) is 0. The average Bonchev–Trinajstić information content (AvgIpc) is 3.47. The van der Waals surface area contributed by atoms with Crippen LogP contribution in [0.4, 0.5) is 0 Å². The second kappa shape index (κ2) is 9.62. The van der Waals surface area contributed by atoms with Crippen LogP contribution in [-0.2, 0) is 0 Å². The highest BCUT2D eigenvalue weighted by molar-refractivity contribution is 6.24. The van der Waals surface area contributed by atoms with Gasteiger partial charge in [0.2, 0.25) is 0 Å². The molecule has 0 amide bonds. The van der Waals surface area contributed by atoms with E-state index in [-0.39, 0.29) is 0 Å². The van der Waals surface area contributed by atoms with Gasteiger partial charge in [0.1, 0.15) is 5.82 Å². The Bertz CT molecular complexity index is 2160. The highest BCUT2D eigenvalue weighted by Gasteiger charge is 2.20. The van der Waals surface area contributed by atoms with Crippen molar-refractivity contribution in [1.29, 1.82) is 0 Å². The maximum absolute atomic E-state index is 5.38. The van der Waals surface area contributed by atoms with Crippen LogP contribution in [0.2, 0.25) is 0 Å². The third-order valence-electron chi connectivity index (χ3n) is 8.01. The highest BCUT2D eigenvalue weighted by Crippen LogP contribution is 2.39. The summed E-state index contributed by atoms with van der Waals surface area (Å²) in [6, 6.07) is 56.0. The molecule has 192 valence electrons. The van der Waals surface area contributed by atoms with Gasteiger partial charge >= 0.3 is 0 Å². The van der Waals surface area contributed by atoms with E-state index in [2.05, 4.69) is 162 Å². The number of imidazole rings is 1. The minimum atomic E-state index is 0.938. The van der Waals surface area contributed by atoms with Gasteiger partial charge in [-0.05, 0) is 45.2 Å². The predicted molar refractivity (Wildman–Crippen MR) is 172 cm³/mol. The molecule has 0 fully saturated rings. The van der Waals surface area contributed by atoms with E-state index in [1.807, 2.05) is 0 Å². The lowest BCUT2D eigenvalue weighted by Crippen LogP contribution is -1.98. The molecule has 0 saturated carbocycles. The Balaban J connectivity index is 1.40. The molecule has 0 bridgehead atoms. The number of benzene rings is 7. The van der Waals surface area contributed by atoms with Gasteiger partial charge in [-0.25, -0.2) is 4.98 Å². The molecule has 8 aromatic rings. The van der Waals surface area contributed by atoms with Crippen molar-refractivity contribution >= 4 is 32.6 Å². The van der Waals surface area contributed by atoms with Crippen molar-refractivity contribution in [2.24, 2.45) is 0 Å². The Morgan fingerprint density at radius 3 is 1.34 bits per heavy atom. The maximum atomic E-state index is 5.38.